The van der Waals surface area contributed by atoms with Crippen molar-refractivity contribution in [3.8, 4) is 0 Å². The van der Waals surface area contributed by atoms with E-state index in [1.807, 2.05) is 13.0 Å². The normalized spacial score (nSPS) is 21.4. The number of hydrogen-bond donors (Lipinski definition) is 2. The number of rotatable bonds is 2. The Hall–Kier alpha value is -1.16. The summed E-state index contributed by atoms with van der Waals surface area (Å²) in [5.41, 5.74) is 7.63. The fraction of sp³-hybridized carbons (Fsp3) is 0.600. The molecular formula is C10H16N4. The largest absolute Gasteiger partial charge is 0.368 e. The minimum atomic E-state index is 0.394. The van der Waals surface area contributed by atoms with Gasteiger partial charge in [0.15, 0.2) is 0 Å². The summed E-state index contributed by atoms with van der Waals surface area (Å²) >= 11 is 0. The summed E-state index contributed by atoms with van der Waals surface area (Å²) in [6.45, 7) is 4.18. The van der Waals surface area contributed by atoms with E-state index in [2.05, 4.69) is 15.3 Å². The highest BCUT2D eigenvalue weighted by Gasteiger charge is 2.15. The molecule has 1 atom stereocenters. The van der Waals surface area contributed by atoms with Gasteiger partial charge in [-0.15, -0.1) is 0 Å². The van der Waals surface area contributed by atoms with E-state index in [0.29, 0.717) is 11.9 Å². The molecule has 0 spiro atoms. The molecule has 76 valence electrons. The van der Waals surface area contributed by atoms with Crippen molar-refractivity contribution in [3.63, 3.8) is 0 Å². The van der Waals surface area contributed by atoms with Crippen LogP contribution in [0.5, 0.6) is 0 Å². The van der Waals surface area contributed by atoms with Gasteiger partial charge in [0, 0.05) is 11.4 Å². The summed E-state index contributed by atoms with van der Waals surface area (Å²) < 4.78 is 0. The zero-order chi connectivity index (χ0) is 9.97. The molecule has 0 saturated carbocycles. The quantitative estimate of drug-likeness (QED) is 0.717. The van der Waals surface area contributed by atoms with Gasteiger partial charge in [-0.2, -0.15) is 0 Å². The van der Waals surface area contributed by atoms with E-state index in [1.165, 1.54) is 6.42 Å². The predicted molar refractivity (Wildman–Crippen MR) is 55.9 cm³/mol. The van der Waals surface area contributed by atoms with Crippen molar-refractivity contribution in [1.82, 2.24) is 15.3 Å². The maximum atomic E-state index is 5.60. The van der Waals surface area contributed by atoms with Crippen LogP contribution in [0.15, 0.2) is 6.07 Å². The second kappa shape index (κ2) is 3.92. The van der Waals surface area contributed by atoms with Gasteiger partial charge in [0.05, 0.1) is 0 Å². The Morgan fingerprint density at radius 3 is 3.07 bits per heavy atom. The second-order valence-corrected chi connectivity index (χ2v) is 3.92. The molecule has 4 heteroatoms. The molecule has 2 heterocycles. The van der Waals surface area contributed by atoms with E-state index in [0.717, 1.165) is 30.9 Å². The third-order valence-corrected chi connectivity index (χ3v) is 2.58. The van der Waals surface area contributed by atoms with Crippen molar-refractivity contribution < 1.29 is 0 Å². The van der Waals surface area contributed by atoms with E-state index in [4.69, 9.17) is 5.73 Å². The average molecular weight is 192 g/mol. The first kappa shape index (κ1) is 9.40. The molecule has 0 aromatic carbocycles. The van der Waals surface area contributed by atoms with Gasteiger partial charge in [-0.1, -0.05) is 0 Å². The van der Waals surface area contributed by atoms with E-state index >= 15 is 0 Å². The molecule has 1 saturated heterocycles. The summed E-state index contributed by atoms with van der Waals surface area (Å²) in [4.78, 5) is 8.30. The third kappa shape index (κ3) is 2.20. The number of nitrogens with zero attached hydrogens (tertiary/aromatic N) is 2. The highest BCUT2D eigenvalue weighted by atomic mass is 15.0. The van der Waals surface area contributed by atoms with Crippen LogP contribution in [-0.4, -0.2) is 23.1 Å². The summed E-state index contributed by atoms with van der Waals surface area (Å²) in [7, 11) is 0. The van der Waals surface area contributed by atoms with Crippen LogP contribution in [0, 0.1) is 12.8 Å². The Labute approximate surface area is 83.9 Å². The maximum Gasteiger partial charge on any atom is 0.220 e. The Morgan fingerprint density at radius 2 is 2.43 bits per heavy atom. The van der Waals surface area contributed by atoms with Crippen LogP contribution in [-0.2, 0) is 6.42 Å². The molecule has 1 unspecified atom stereocenters. The van der Waals surface area contributed by atoms with Gasteiger partial charge in [0.25, 0.3) is 0 Å². The van der Waals surface area contributed by atoms with E-state index in [9.17, 15) is 0 Å². The van der Waals surface area contributed by atoms with Gasteiger partial charge < -0.3 is 11.1 Å². The van der Waals surface area contributed by atoms with Crippen LogP contribution in [0.25, 0.3) is 0 Å². The van der Waals surface area contributed by atoms with Crippen LogP contribution < -0.4 is 11.1 Å². The van der Waals surface area contributed by atoms with Gasteiger partial charge in [0.1, 0.15) is 0 Å². The minimum Gasteiger partial charge on any atom is -0.368 e. The highest BCUT2D eigenvalue weighted by Crippen LogP contribution is 2.14. The standard InChI is InChI=1S/C10H16N4/c1-7-4-9(14-10(11)13-7)5-8-2-3-12-6-8/h4,8,12H,2-3,5-6H2,1H3,(H2,11,13,14). The number of nitrogens with one attached hydrogen (secondary N) is 1. The van der Waals surface area contributed by atoms with Crippen molar-refractivity contribution in [2.24, 2.45) is 5.92 Å². The van der Waals surface area contributed by atoms with E-state index in [1.54, 1.807) is 0 Å². The highest BCUT2D eigenvalue weighted by molar-refractivity contribution is 5.22. The van der Waals surface area contributed by atoms with Crippen LogP contribution in [0.1, 0.15) is 17.8 Å². The molecule has 1 aliphatic rings. The molecule has 0 radical (unpaired) electrons. The first-order chi connectivity index (χ1) is 6.74. The molecule has 4 nitrogen and oxygen atoms in total. The Balaban J connectivity index is 2.07. The first-order valence-electron chi connectivity index (χ1n) is 5.05. The van der Waals surface area contributed by atoms with Crippen molar-refractivity contribution in [2.45, 2.75) is 19.8 Å². The molecule has 1 aromatic heterocycles. The van der Waals surface area contributed by atoms with Gasteiger partial charge in [-0.3, -0.25) is 0 Å². The minimum absolute atomic E-state index is 0.394. The SMILES string of the molecule is Cc1cc(CC2CCNC2)nc(N)n1. The second-order valence-electron chi connectivity index (χ2n) is 3.92. The van der Waals surface area contributed by atoms with Crippen LogP contribution >= 0.6 is 0 Å². The fourth-order valence-electron chi connectivity index (χ4n) is 1.95. The molecule has 14 heavy (non-hydrogen) atoms. The van der Waals surface area contributed by atoms with Crippen LogP contribution in [0.3, 0.4) is 0 Å². The van der Waals surface area contributed by atoms with Crippen molar-refractivity contribution in [3.05, 3.63) is 17.5 Å². The zero-order valence-electron chi connectivity index (χ0n) is 8.45. The lowest BCUT2D eigenvalue weighted by Crippen LogP contribution is -2.12. The molecule has 0 bridgehead atoms. The molecule has 0 amide bonds. The van der Waals surface area contributed by atoms with Crippen LogP contribution in [0.2, 0.25) is 0 Å². The van der Waals surface area contributed by atoms with Crippen molar-refractivity contribution in [2.75, 3.05) is 18.8 Å². The average Bonchev–Trinajstić information content (AvgIpc) is 2.54. The van der Waals surface area contributed by atoms with Crippen LogP contribution in [0.4, 0.5) is 5.95 Å². The first-order valence-corrected chi connectivity index (χ1v) is 5.05. The maximum absolute atomic E-state index is 5.60. The summed E-state index contributed by atoms with van der Waals surface area (Å²) in [6.07, 6.45) is 2.25. The lowest BCUT2D eigenvalue weighted by molar-refractivity contribution is 0.571. The summed E-state index contributed by atoms with van der Waals surface area (Å²) in [5, 5.41) is 3.35. The zero-order valence-corrected chi connectivity index (χ0v) is 8.45. The molecule has 2 rings (SSSR count). The lowest BCUT2D eigenvalue weighted by Gasteiger charge is -2.08. The fourth-order valence-corrected chi connectivity index (χ4v) is 1.95. The number of hydrogen-bond acceptors (Lipinski definition) is 4. The molecule has 1 aliphatic heterocycles. The van der Waals surface area contributed by atoms with E-state index < -0.39 is 0 Å². The molecule has 1 aromatic rings. The third-order valence-electron chi connectivity index (χ3n) is 2.58. The Bertz CT molecular complexity index is 298. The van der Waals surface area contributed by atoms with Crippen molar-refractivity contribution >= 4 is 5.95 Å². The molecule has 3 N–H and O–H groups in total. The van der Waals surface area contributed by atoms with Gasteiger partial charge >= 0.3 is 0 Å². The summed E-state index contributed by atoms with van der Waals surface area (Å²) in [6, 6.07) is 2.02. The monoisotopic (exact) mass is 192 g/mol. The molecule has 1 fully saturated rings. The number of nitrogens with two attached hydrogens (primary N) is 1. The molecular weight excluding hydrogens is 176 g/mol. The Morgan fingerprint density at radius 1 is 1.57 bits per heavy atom. The van der Waals surface area contributed by atoms with Gasteiger partial charge in [0.2, 0.25) is 5.95 Å². The van der Waals surface area contributed by atoms with Crippen molar-refractivity contribution in [1.29, 1.82) is 0 Å². The predicted octanol–water partition coefficient (Wildman–Crippen LogP) is 0.519. The van der Waals surface area contributed by atoms with Gasteiger partial charge in [-0.05, 0) is 44.8 Å². The Kier molecular flexibility index (Phi) is 2.63. The molecule has 0 aliphatic carbocycles. The number of nitrogen functional groups attached to an aromatic ring is 1. The smallest absolute Gasteiger partial charge is 0.220 e. The van der Waals surface area contributed by atoms with Gasteiger partial charge in [-0.25, -0.2) is 9.97 Å². The lowest BCUT2D eigenvalue weighted by atomic mass is 10.0. The topological polar surface area (TPSA) is 63.8 Å². The number of anilines is 1. The number of aryl methyl sites for hydroxylation is 1. The summed E-state index contributed by atoms with van der Waals surface area (Å²) in [5.74, 6) is 1.11. The van der Waals surface area contributed by atoms with E-state index in [-0.39, 0.29) is 0 Å². The number of aromatic nitrogens is 2.